The SMILES string of the molecule is c1ccc(-c2c(-c3ccc(Nc4ccc5c6ccccc6n(-c6ccccc6)c5c4)cc3)ccc3ccccc23)cc1. The van der Waals surface area contributed by atoms with Crippen LogP contribution in [0.2, 0.25) is 0 Å². The fraction of sp³-hybridized carbons (Fsp3) is 0. The van der Waals surface area contributed by atoms with E-state index in [2.05, 4.69) is 174 Å². The molecule has 0 radical (unpaired) electrons. The Bertz CT molecular complexity index is 2190. The molecule has 8 aromatic rings. The van der Waals surface area contributed by atoms with Crippen LogP contribution in [0, 0.1) is 0 Å². The summed E-state index contributed by atoms with van der Waals surface area (Å²) in [5.41, 5.74) is 10.6. The number of nitrogens with zero attached hydrogens (tertiary/aromatic N) is 1. The summed E-state index contributed by atoms with van der Waals surface area (Å²) in [7, 11) is 0. The summed E-state index contributed by atoms with van der Waals surface area (Å²) < 4.78 is 2.35. The van der Waals surface area contributed by atoms with Gasteiger partial charge in [-0.1, -0.05) is 121 Å². The van der Waals surface area contributed by atoms with Gasteiger partial charge >= 0.3 is 0 Å². The zero-order valence-corrected chi connectivity index (χ0v) is 23.0. The van der Waals surface area contributed by atoms with Crippen molar-refractivity contribution in [3.8, 4) is 27.9 Å². The molecule has 8 rings (SSSR count). The van der Waals surface area contributed by atoms with Crippen LogP contribution < -0.4 is 5.32 Å². The second-order valence-electron chi connectivity index (χ2n) is 10.7. The van der Waals surface area contributed by atoms with Gasteiger partial charge in [-0.15, -0.1) is 0 Å². The van der Waals surface area contributed by atoms with Crippen molar-refractivity contribution < 1.29 is 0 Å². The second-order valence-corrected chi connectivity index (χ2v) is 10.7. The largest absolute Gasteiger partial charge is 0.355 e. The maximum atomic E-state index is 3.66. The van der Waals surface area contributed by atoms with Crippen molar-refractivity contribution in [3.63, 3.8) is 0 Å². The zero-order chi connectivity index (χ0) is 27.9. The average Bonchev–Trinajstić information content (AvgIpc) is 3.39. The van der Waals surface area contributed by atoms with Gasteiger partial charge in [0, 0.05) is 27.8 Å². The van der Waals surface area contributed by atoms with Crippen molar-refractivity contribution in [1.29, 1.82) is 0 Å². The zero-order valence-electron chi connectivity index (χ0n) is 23.0. The first-order valence-corrected chi connectivity index (χ1v) is 14.4. The van der Waals surface area contributed by atoms with E-state index in [1.807, 2.05) is 0 Å². The Balaban J connectivity index is 1.18. The van der Waals surface area contributed by atoms with Gasteiger partial charge in [0.25, 0.3) is 0 Å². The lowest BCUT2D eigenvalue weighted by atomic mass is 9.90. The van der Waals surface area contributed by atoms with E-state index >= 15 is 0 Å². The number of fused-ring (bicyclic) bond motifs is 4. The molecule has 1 aromatic heterocycles. The molecule has 42 heavy (non-hydrogen) atoms. The second kappa shape index (κ2) is 10.1. The van der Waals surface area contributed by atoms with Gasteiger partial charge in [0.15, 0.2) is 0 Å². The molecule has 0 bridgehead atoms. The van der Waals surface area contributed by atoms with Crippen LogP contribution in [0.25, 0.3) is 60.5 Å². The first-order valence-electron chi connectivity index (χ1n) is 14.4. The van der Waals surface area contributed by atoms with Gasteiger partial charge in [-0.05, 0) is 75.5 Å². The van der Waals surface area contributed by atoms with Crippen LogP contribution in [-0.4, -0.2) is 4.57 Å². The summed E-state index contributed by atoms with van der Waals surface area (Å²) in [4.78, 5) is 0. The van der Waals surface area contributed by atoms with Crippen LogP contribution in [0.1, 0.15) is 0 Å². The van der Waals surface area contributed by atoms with Crippen LogP contribution in [0.3, 0.4) is 0 Å². The predicted molar refractivity (Wildman–Crippen MR) is 179 cm³/mol. The van der Waals surface area contributed by atoms with E-state index in [-0.39, 0.29) is 0 Å². The third-order valence-electron chi connectivity index (χ3n) is 8.16. The highest BCUT2D eigenvalue weighted by Gasteiger charge is 2.14. The molecule has 0 aliphatic carbocycles. The van der Waals surface area contributed by atoms with Crippen molar-refractivity contribution in [2.45, 2.75) is 0 Å². The molecule has 198 valence electrons. The Labute approximate surface area is 245 Å². The Morgan fingerprint density at radius 2 is 1.05 bits per heavy atom. The summed E-state index contributed by atoms with van der Waals surface area (Å²) in [5, 5.41) is 8.69. The predicted octanol–water partition coefficient (Wildman–Crippen LogP) is 11.0. The molecule has 0 aliphatic heterocycles. The number of hydrogen-bond donors (Lipinski definition) is 1. The van der Waals surface area contributed by atoms with E-state index < -0.39 is 0 Å². The van der Waals surface area contributed by atoms with Gasteiger partial charge in [0.1, 0.15) is 0 Å². The number of benzene rings is 7. The Morgan fingerprint density at radius 3 is 1.86 bits per heavy atom. The van der Waals surface area contributed by atoms with E-state index in [9.17, 15) is 0 Å². The molecule has 0 unspecified atom stereocenters. The van der Waals surface area contributed by atoms with E-state index in [0.29, 0.717) is 0 Å². The molecule has 0 fully saturated rings. The normalized spacial score (nSPS) is 11.3. The van der Waals surface area contributed by atoms with Gasteiger partial charge < -0.3 is 9.88 Å². The fourth-order valence-electron chi connectivity index (χ4n) is 6.23. The number of nitrogens with one attached hydrogen (secondary N) is 1. The van der Waals surface area contributed by atoms with Gasteiger partial charge in [-0.2, -0.15) is 0 Å². The van der Waals surface area contributed by atoms with E-state index in [1.165, 1.54) is 54.8 Å². The third-order valence-corrected chi connectivity index (χ3v) is 8.16. The topological polar surface area (TPSA) is 17.0 Å². The van der Waals surface area contributed by atoms with E-state index in [4.69, 9.17) is 0 Å². The Morgan fingerprint density at radius 1 is 0.405 bits per heavy atom. The summed E-state index contributed by atoms with van der Waals surface area (Å²) in [6, 6.07) is 58.5. The molecular weight excluding hydrogens is 508 g/mol. The number of para-hydroxylation sites is 2. The fourth-order valence-corrected chi connectivity index (χ4v) is 6.23. The smallest absolute Gasteiger partial charge is 0.0561 e. The maximum Gasteiger partial charge on any atom is 0.0561 e. The molecular formula is C40H28N2. The van der Waals surface area contributed by atoms with E-state index in [1.54, 1.807) is 0 Å². The van der Waals surface area contributed by atoms with Crippen LogP contribution >= 0.6 is 0 Å². The monoisotopic (exact) mass is 536 g/mol. The van der Waals surface area contributed by atoms with Crippen LogP contribution in [-0.2, 0) is 0 Å². The minimum atomic E-state index is 1.06. The molecule has 0 saturated carbocycles. The van der Waals surface area contributed by atoms with Crippen molar-refractivity contribution >= 4 is 44.0 Å². The standard InChI is InChI=1S/C40H28N2/c1-3-12-30(13-4-1)40-34-16-8-7-11-28(34)21-25-35(40)29-19-22-31(23-20-29)41-32-24-26-37-36-17-9-10-18-38(36)42(39(37)27-32)33-14-5-2-6-15-33/h1-27,41H. The maximum absolute atomic E-state index is 3.66. The lowest BCUT2D eigenvalue weighted by molar-refractivity contribution is 1.18. The number of rotatable bonds is 5. The Hall–Kier alpha value is -5.60. The van der Waals surface area contributed by atoms with Crippen LogP contribution in [0.4, 0.5) is 11.4 Å². The van der Waals surface area contributed by atoms with E-state index in [0.717, 1.165) is 17.1 Å². The molecule has 0 spiro atoms. The molecule has 1 heterocycles. The van der Waals surface area contributed by atoms with Crippen LogP contribution in [0.15, 0.2) is 164 Å². The quantitative estimate of drug-likeness (QED) is 0.231. The highest BCUT2D eigenvalue weighted by atomic mass is 15.0. The summed E-state index contributed by atoms with van der Waals surface area (Å²) >= 11 is 0. The van der Waals surface area contributed by atoms with Crippen molar-refractivity contribution in [2.24, 2.45) is 0 Å². The van der Waals surface area contributed by atoms with Crippen molar-refractivity contribution in [3.05, 3.63) is 164 Å². The Kier molecular flexibility index (Phi) is 5.82. The number of hydrogen-bond acceptors (Lipinski definition) is 1. The minimum absolute atomic E-state index is 1.06. The van der Waals surface area contributed by atoms with Gasteiger partial charge in [-0.3, -0.25) is 0 Å². The number of aromatic nitrogens is 1. The molecule has 2 heteroatoms. The summed E-state index contributed by atoms with van der Waals surface area (Å²) in [6.45, 7) is 0. The minimum Gasteiger partial charge on any atom is -0.355 e. The average molecular weight is 537 g/mol. The molecule has 0 saturated heterocycles. The van der Waals surface area contributed by atoms with Crippen LogP contribution in [0.5, 0.6) is 0 Å². The molecule has 7 aromatic carbocycles. The molecule has 0 amide bonds. The lowest BCUT2D eigenvalue weighted by Gasteiger charge is -2.15. The number of anilines is 2. The summed E-state index contributed by atoms with van der Waals surface area (Å²) in [6.07, 6.45) is 0. The highest BCUT2D eigenvalue weighted by Crippen LogP contribution is 2.39. The van der Waals surface area contributed by atoms with Gasteiger partial charge in [-0.25, -0.2) is 0 Å². The molecule has 0 aliphatic rings. The van der Waals surface area contributed by atoms with Gasteiger partial charge in [0.2, 0.25) is 0 Å². The van der Waals surface area contributed by atoms with Crippen molar-refractivity contribution in [1.82, 2.24) is 4.57 Å². The van der Waals surface area contributed by atoms with Crippen molar-refractivity contribution in [2.75, 3.05) is 5.32 Å². The lowest BCUT2D eigenvalue weighted by Crippen LogP contribution is -1.95. The third kappa shape index (κ3) is 4.13. The molecule has 2 nitrogen and oxygen atoms in total. The summed E-state index contributed by atoms with van der Waals surface area (Å²) in [5.74, 6) is 0. The molecule has 1 N–H and O–H groups in total. The first kappa shape index (κ1) is 24.2. The molecule has 0 atom stereocenters. The van der Waals surface area contributed by atoms with Gasteiger partial charge in [0.05, 0.1) is 11.0 Å². The highest BCUT2D eigenvalue weighted by molar-refractivity contribution is 6.10. The first-order chi connectivity index (χ1) is 20.8.